The van der Waals surface area contributed by atoms with Crippen LogP contribution >= 0.6 is 12.2 Å². The molecule has 0 radical (unpaired) electrons. The van der Waals surface area contributed by atoms with Crippen LogP contribution in [0.4, 0.5) is 11.6 Å². The number of methoxy groups -OCH3 is 1. The molecule has 4 rings (SSSR count). The van der Waals surface area contributed by atoms with E-state index in [1.165, 1.54) is 6.20 Å². The number of anilines is 2. The van der Waals surface area contributed by atoms with Crippen LogP contribution in [0.15, 0.2) is 65.6 Å². The number of hydrogen-bond donors (Lipinski definition) is 4. The number of hydrazine groups is 1. The predicted octanol–water partition coefficient (Wildman–Crippen LogP) is 2.43. The quantitative estimate of drug-likeness (QED) is 0.295. The first kappa shape index (κ1) is 18.4. The highest BCUT2D eigenvalue weighted by atomic mass is 32.1. The van der Waals surface area contributed by atoms with Gasteiger partial charge in [-0.1, -0.05) is 18.2 Å². The van der Waals surface area contributed by atoms with Crippen LogP contribution in [0.25, 0.3) is 16.7 Å². The summed E-state index contributed by atoms with van der Waals surface area (Å²) < 4.78 is 6.72. The molecule has 0 bridgehead atoms. The Balaban J connectivity index is 1.50. The fourth-order valence-electron chi connectivity index (χ4n) is 2.69. The number of benzene rings is 2. The van der Waals surface area contributed by atoms with E-state index >= 15 is 0 Å². The monoisotopic (exact) mass is 407 g/mol. The highest BCUT2D eigenvalue weighted by Crippen LogP contribution is 2.15. The van der Waals surface area contributed by atoms with Crippen LogP contribution in [-0.2, 0) is 0 Å². The van der Waals surface area contributed by atoms with E-state index in [2.05, 4.69) is 31.2 Å². The van der Waals surface area contributed by atoms with Crippen molar-refractivity contribution in [3.8, 4) is 11.4 Å². The van der Waals surface area contributed by atoms with E-state index in [-0.39, 0.29) is 11.5 Å². The molecule has 0 unspecified atom stereocenters. The van der Waals surface area contributed by atoms with E-state index in [1.54, 1.807) is 11.8 Å². The number of thiocarbonyl (C=S) groups is 1. The Labute approximate surface area is 170 Å². The van der Waals surface area contributed by atoms with Crippen molar-refractivity contribution in [2.24, 2.45) is 0 Å². The molecule has 0 saturated heterocycles. The summed E-state index contributed by atoms with van der Waals surface area (Å²) in [6.07, 6.45) is 1.49. The van der Waals surface area contributed by atoms with E-state index in [9.17, 15) is 4.79 Å². The minimum absolute atomic E-state index is 0.207. The summed E-state index contributed by atoms with van der Waals surface area (Å²) in [6, 6.07) is 16.7. The molecular weight excluding hydrogens is 390 g/mol. The van der Waals surface area contributed by atoms with Crippen LogP contribution in [0, 0.1) is 0 Å². The number of aromatic amines is 1. The summed E-state index contributed by atoms with van der Waals surface area (Å²) >= 11 is 5.26. The zero-order valence-electron chi connectivity index (χ0n) is 15.3. The highest BCUT2D eigenvalue weighted by Gasteiger charge is 2.11. The van der Waals surface area contributed by atoms with Crippen molar-refractivity contribution in [2.45, 2.75) is 0 Å². The van der Waals surface area contributed by atoms with Crippen LogP contribution in [0.3, 0.4) is 0 Å². The van der Waals surface area contributed by atoms with Crippen molar-refractivity contribution < 1.29 is 4.74 Å². The van der Waals surface area contributed by atoms with Gasteiger partial charge in [-0.05, 0) is 48.6 Å². The second-order valence-electron chi connectivity index (χ2n) is 5.98. The molecule has 0 aliphatic carbocycles. The lowest BCUT2D eigenvalue weighted by Crippen LogP contribution is -2.34. The fraction of sp³-hybridized carbons (Fsp3) is 0.0526. The first-order valence-corrected chi connectivity index (χ1v) is 9.05. The fourth-order valence-corrected chi connectivity index (χ4v) is 2.86. The predicted molar refractivity (Wildman–Crippen MR) is 115 cm³/mol. The number of nitrogens with zero attached hydrogens (tertiary/aromatic N) is 3. The largest absolute Gasteiger partial charge is 0.497 e. The Morgan fingerprint density at radius 1 is 1.14 bits per heavy atom. The first-order valence-electron chi connectivity index (χ1n) is 8.64. The highest BCUT2D eigenvalue weighted by molar-refractivity contribution is 7.80. The average molecular weight is 407 g/mol. The van der Waals surface area contributed by atoms with Gasteiger partial charge in [0.05, 0.1) is 19.0 Å². The number of aromatic nitrogens is 4. The van der Waals surface area contributed by atoms with Crippen molar-refractivity contribution in [3.05, 3.63) is 71.1 Å². The van der Waals surface area contributed by atoms with Gasteiger partial charge in [0.15, 0.2) is 10.8 Å². The SMILES string of the molecule is COc1ccc(NC(=S)NNc2nc3c(cnn3-c3ccccc3)c(=O)[nH]2)cc1. The normalized spacial score (nSPS) is 10.5. The van der Waals surface area contributed by atoms with Crippen LogP contribution in [-0.4, -0.2) is 32.0 Å². The maximum atomic E-state index is 12.4. The van der Waals surface area contributed by atoms with Gasteiger partial charge in [0, 0.05) is 5.69 Å². The molecule has 0 aliphatic heterocycles. The molecule has 0 atom stereocenters. The average Bonchev–Trinajstić information content (AvgIpc) is 3.18. The topological polar surface area (TPSA) is 109 Å². The number of nitrogens with one attached hydrogen (secondary N) is 4. The second-order valence-corrected chi connectivity index (χ2v) is 6.38. The maximum absolute atomic E-state index is 12.4. The Kier molecular flexibility index (Phi) is 5.08. The van der Waals surface area contributed by atoms with Gasteiger partial charge in [-0.3, -0.25) is 20.6 Å². The van der Waals surface area contributed by atoms with Gasteiger partial charge in [-0.2, -0.15) is 10.1 Å². The molecule has 0 fully saturated rings. The first-order chi connectivity index (χ1) is 14.1. The summed E-state index contributed by atoms with van der Waals surface area (Å²) in [7, 11) is 1.60. The molecule has 2 aromatic carbocycles. The van der Waals surface area contributed by atoms with E-state index in [0.29, 0.717) is 16.1 Å². The Morgan fingerprint density at radius 3 is 2.62 bits per heavy atom. The number of ether oxygens (including phenoxy) is 1. The molecule has 29 heavy (non-hydrogen) atoms. The lowest BCUT2D eigenvalue weighted by atomic mass is 10.3. The summed E-state index contributed by atoms with van der Waals surface area (Å²) in [6.45, 7) is 0. The number of H-pyrrole nitrogens is 1. The van der Waals surface area contributed by atoms with Crippen LogP contribution in [0.1, 0.15) is 0 Å². The molecule has 4 aromatic rings. The maximum Gasteiger partial charge on any atom is 0.263 e. The second kappa shape index (κ2) is 7.98. The van der Waals surface area contributed by atoms with Crippen molar-refractivity contribution in [1.29, 1.82) is 0 Å². The third-order valence-electron chi connectivity index (χ3n) is 4.08. The van der Waals surface area contributed by atoms with Crippen LogP contribution < -0.4 is 26.5 Å². The summed E-state index contributed by atoms with van der Waals surface area (Å²) in [5, 5.41) is 7.97. The van der Waals surface area contributed by atoms with E-state index in [1.807, 2.05) is 54.6 Å². The van der Waals surface area contributed by atoms with Crippen molar-refractivity contribution >= 4 is 40.0 Å². The molecular formula is C19H17N7O2S. The van der Waals surface area contributed by atoms with E-state index in [4.69, 9.17) is 17.0 Å². The minimum atomic E-state index is -0.310. The van der Waals surface area contributed by atoms with Gasteiger partial charge >= 0.3 is 0 Å². The van der Waals surface area contributed by atoms with Crippen molar-refractivity contribution in [3.63, 3.8) is 0 Å². The molecule has 10 heteroatoms. The Bertz CT molecular complexity index is 1200. The molecule has 2 aromatic heterocycles. The third kappa shape index (κ3) is 4.01. The lowest BCUT2D eigenvalue weighted by molar-refractivity contribution is 0.415. The van der Waals surface area contributed by atoms with Gasteiger partial charge in [-0.15, -0.1) is 0 Å². The molecule has 9 nitrogen and oxygen atoms in total. The van der Waals surface area contributed by atoms with Gasteiger partial charge in [-0.25, -0.2) is 4.68 Å². The Morgan fingerprint density at radius 2 is 1.90 bits per heavy atom. The number of para-hydroxylation sites is 1. The van der Waals surface area contributed by atoms with Gasteiger partial charge in [0.2, 0.25) is 5.95 Å². The van der Waals surface area contributed by atoms with E-state index in [0.717, 1.165) is 17.1 Å². The Hall–Kier alpha value is -3.92. The van der Waals surface area contributed by atoms with Crippen molar-refractivity contribution in [1.82, 2.24) is 25.2 Å². The number of hydrogen-bond acceptors (Lipinski definition) is 6. The zero-order chi connectivity index (χ0) is 20.2. The van der Waals surface area contributed by atoms with E-state index < -0.39 is 0 Å². The number of fused-ring (bicyclic) bond motifs is 1. The molecule has 0 spiro atoms. The molecule has 146 valence electrons. The molecule has 0 aliphatic rings. The summed E-state index contributed by atoms with van der Waals surface area (Å²) in [5.74, 6) is 0.955. The van der Waals surface area contributed by atoms with Crippen LogP contribution in [0.2, 0.25) is 0 Å². The molecule has 0 saturated carbocycles. The van der Waals surface area contributed by atoms with Gasteiger partial charge in [0.25, 0.3) is 5.56 Å². The van der Waals surface area contributed by atoms with Crippen LogP contribution in [0.5, 0.6) is 5.75 Å². The summed E-state index contributed by atoms with van der Waals surface area (Å²) in [4.78, 5) is 19.5. The minimum Gasteiger partial charge on any atom is -0.497 e. The van der Waals surface area contributed by atoms with Gasteiger partial charge < -0.3 is 10.1 Å². The molecule has 4 N–H and O–H groups in total. The lowest BCUT2D eigenvalue weighted by Gasteiger charge is -2.12. The summed E-state index contributed by atoms with van der Waals surface area (Å²) in [5.41, 5.74) is 7.30. The molecule has 0 amide bonds. The third-order valence-corrected chi connectivity index (χ3v) is 4.29. The van der Waals surface area contributed by atoms with Gasteiger partial charge in [0.1, 0.15) is 11.1 Å². The van der Waals surface area contributed by atoms with Crippen molar-refractivity contribution in [2.75, 3.05) is 17.9 Å². The standard InChI is InChI=1S/C19H17N7O2S/c1-28-14-9-7-12(8-10-14)21-19(29)25-24-18-22-16-15(17(27)23-18)11-20-26(16)13-5-3-2-4-6-13/h2-11H,1H3,(H2,21,25,29)(H2,22,23,24,27). The smallest absolute Gasteiger partial charge is 0.263 e. The number of rotatable bonds is 5. The zero-order valence-corrected chi connectivity index (χ0v) is 16.2. The molecule has 2 heterocycles.